The van der Waals surface area contributed by atoms with E-state index in [9.17, 15) is 4.79 Å². The van der Waals surface area contributed by atoms with Crippen LogP contribution in [0, 0.1) is 6.92 Å². The molecular weight excluding hydrogens is 286 g/mol. The van der Waals surface area contributed by atoms with Gasteiger partial charge in [0.05, 0.1) is 12.7 Å². The summed E-state index contributed by atoms with van der Waals surface area (Å²) in [6.07, 6.45) is 5.10. The zero-order valence-corrected chi connectivity index (χ0v) is 14.0. The maximum atomic E-state index is 11.9. The predicted octanol–water partition coefficient (Wildman–Crippen LogP) is 4.29. The van der Waals surface area contributed by atoms with Crippen molar-refractivity contribution in [2.75, 3.05) is 7.11 Å². The van der Waals surface area contributed by atoms with Crippen LogP contribution >= 0.6 is 0 Å². The van der Waals surface area contributed by atoms with Crippen LogP contribution in [0.25, 0.3) is 5.57 Å². The number of allylic oxidation sites excluding steroid dienone is 1. The van der Waals surface area contributed by atoms with E-state index in [0.717, 1.165) is 28.8 Å². The first-order chi connectivity index (χ1) is 10.9. The fraction of sp³-hybridized carbons (Fsp3) is 0.300. The van der Waals surface area contributed by atoms with E-state index < -0.39 is 0 Å². The molecule has 0 atom stereocenters. The predicted molar refractivity (Wildman–Crippen MR) is 91.5 cm³/mol. The fourth-order valence-corrected chi connectivity index (χ4v) is 3.08. The van der Waals surface area contributed by atoms with Crippen molar-refractivity contribution < 1.29 is 9.53 Å². The third-order valence-electron chi connectivity index (χ3n) is 4.50. The highest BCUT2D eigenvalue weighted by Gasteiger charge is 2.29. The van der Waals surface area contributed by atoms with Gasteiger partial charge in [-0.3, -0.25) is 4.98 Å². The average Bonchev–Trinajstić information content (AvgIpc) is 2.55. The molecule has 3 rings (SSSR count). The lowest BCUT2D eigenvalue weighted by molar-refractivity contribution is 0.0600. The van der Waals surface area contributed by atoms with Gasteiger partial charge in [-0.05, 0) is 53.7 Å². The molecule has 1 aliphatic rings. The molecule has 0 amide bonds. The molecule has 0 radical (unpaired) electrons. The highest BCUT2D eigenvalue weighted by Crippen LogP contribution is 2.41. The third-order valence-corrected chi connectivity index (χ3v) is 4.50. The van der Waals surface area contributed by atoms with Gasteiger partial charge in [0.25, 0.3) is 0 Å². The van der Waals surface area contributed by atoms with Gasteiger partial charge in [-0.2, -0.15) is 0 Å². The number of methoxy groups -OCH3 is 1. The molecule has 1 aliphatic carbocycles. The smallest absolute Gasteiger partial charge is 0.337 e. The number of rotatable bonds is 2. The van der Waals surface area contributed by atoms with Gasteiger partial charge in [0.2, 0.25) is 0 Å². The Morgan fingerprint density at radius 1 is 1.22 bits per heavy atom. The van der Waals surface area contributed by atoms with Crippen molar-refractivity contribution >= 4 is 11.5 Å². The summed E-state index contributed by atoms with van der Waals surface area (Å²) in [7, 11) is 1.41. The van der Waals surface area contributed by atoms with E-state index in [0.29, 0.717) is 5.56 Å². The van der Waals surface area contributed by atoms with Crippen LogP contribution in [0.5, 0.6) is 0 Å². The van der Waals surface area contributed by atoms with Gasteiger partial charge in [-0.15, -0.1) is 0 Å². The summed E-state index contributed by atoms with van der Waals surface area (Å²) >= 11 is 0. The molecule has 23 heavy (non-hydrogen) atoms. The highest BCUT2D eigenvalue weighted by atomic mass is 16.5. The van der Waals surface area contributed by atoms with Crippen molar-refractivity contribution in [2.45, 2.75) is 32.6 Å². The Hall–Kier alpha value is -2.42. The second-order valence-corrected chi connectivity index (χ2v) is 6.65. The van der Waals surface area contributed by atoms with Gasteiger partial charge in [-0.25, -0.2) is 4.79 Å². The van der Waals surface area contributed by atoms with Gasteiger partial charge in [0.1, 0.15) is 0 Å². The minimum absolute atomic E-state index is 0.0472. The minimum atomic E-state index is -0.308. The SMILES string of the molecule is COC(=O)c1ccc2c(c1)C(c1ccc(C)nc1)=CCC2(C)C. The minimum Gasteiger partial charge on any atom is -0.465 e. The Labute approximate surface area is 137 Å². The molecule has 0 unspecified atom stereocenters. The number of aromatic nitrogens is 1. The number of nitrogens with zero attached hydrogens (tertiary/aromatic N) is 1. The van der Waals surface area contributed by atoms with Gasteiger partial charge in [0, 0.05) is 17.5 Å². The zero-order valence-electron chi connectivity index (χ0n) is 14.0. The number of carbonyl (C=O) groups is 1. The molecule has 0 aliphatic heterocycles. The normalized spacial score (nSPS) is 15.6. The van der Waals surface area contributed by atoms with Gasteiger partial charge in [-0.1, -0.05) is 32.1 Å². The molecule has 0 saturated carbocycles. The number of pyridine rings is 1. The van der Waals surface area contributed by atoms with Crippen LogP contribution < -0.4 is 0 Å². The van der Waals surface area contributed by atoms with Crippen molar-refractivity contribution in [3.05, 3.63) is 70.6 Å². The molecule has 3 nitrogen and oxygen atoms in total. The number of aryl methyl sites for hydroxylation is 1. The molecule has 0 fully saturated rings. The third kappa shape index (κ3) is 2.79. The summed E-state index contributed by atoms with van der Waals surface area (Å²) in [5.41, 5.74) is 6.18. The molecule has 2 aromatic rings. The van der Waals surface area contributed by atoms with Gasteiger partial charge >= 0.3 is 5.97 Å². The number of hydrogen-bond acceptors (Lipinski definition) is 3. The van der Waals surface area contributed by atoms with E-state index in [1.54, 1.807) is 0 Å². The summed E-state index contributed by atoms with van der Waals surface area (Å²) < 4.78 is 4.87. The van der Waals surface area contributed by atoms with Crippen molar-refractivity contribution in [1.29, 1.82) is 0 Å². The zero-order chi connectivity index (χ0) is 16.6. The van der Waals surface area contributed by atoms with Crippen molar-refractivity contribution in [3.63, 3.8) is 0 Å². The van der Waals surface area contributed by atoms with E-state index in [1.807, 2.05) is 31.3 Å². The molecule has 1 aromatic heterocycles. The quantitative estimate of drug-likeness (QED) is 0.777. The Balaban J connectivity index is 2.16. The lowest BCUT2D eigenvalue weighted by atomic mass is 9.72. The Bertz CT molecular complexity index is 786. The number of fused-ring (bicyclic) bond motifs is 1. The molecule has 118 valence electrons. The van der Waals surface area contributed by atoms with E-state index in [1.165, 1.54) is 12.7 Å². The number of esters is 1. The number of ether oxygens (including phenoxy) is 1. The van der Waals surface area contributed by atoms with E-state index in [2.05, 4.69) is 37.0 Å². The van der Waals surface area contributed by atoms with Gasteiger partial charge < -0.3 is 4.74 Å². The Kier molecular flexibility index (Phi) is 3.80. The summed E-state index contributed by atoms with van der Waals surface area (Å²) in [5.74, 6) is -0.308. The van der Waals surface area contributed by atoms with Crippen LogP contribution in [-0.2, 0) is 10.2 Å². The van der Waals surface area contributed by atoms with Crippen molar-refractivity contribution in [3.8, 4) is 0 Å². The van der Waals surface area contributed by atoms with E-state index in [4.69, 9.17) is 4.74 Å². The largest absolute Gasteiger partial charge is 0.465 e. The molecule has 1 aromatic carbocycles. The topological polar surface area (TPSA) is 39.2 Å². The van der Waals surface area contributed by atoms with Crippen LogP contribution in [0.1, 0.15) is 53.0 Å². The lowest BCUT2D eigenvalue weighted by Crippen LogP contribution is -2.22. The van der Waals surface area contributed by atoms with E-state index in [-0.39, 0.29) is 11.4 Å². The first kappa shape index (κ1) is 15.5. The first-order valence-electron chi connectivity index (χ1n) is 7.79. The average molecular weight is 307 g/mol. The maximum Gasteiger partial charge on any atom is 0.337 e. The van der Waals surface area contributed by atoms with Gasteiger partial charge in [0.15, 0.2) is 0 Å². The molecule has 0 saturated heterocycles. The van der Waals surface area contributed by atoms with E-state index >= 15 is 0 Å². The number of hydrogen-bond donors (Lipinski definition) is 0. The van der Waals surface area contributed by atoms with Crippen LogP contribution in [0.15, 0.2) is 42.6 Å². The lowest BCUT2D eigenvalue weighted by Gasteiger charge is -2.32. The van der Waals surface area contributed by atoms with Crippen molar-refractivity contribution in [1.82, 2.24) is 4.98 Å². The highest BCUT2D eigenvalue weighted by molar-refractivity contribution is 5.92. The summed E-state index contributed by atoms with van der Waals surface area (Å²) in [4.78, 5) is 16.3. The monoisotopic (exact) mass is 307 g/mol. The molecule has 1 heterocycles. The standard InChI is InChI=1S/C20H21NO2/c1-13-5-6-15(12-21-13)16-9-10-20(2,3)18-8-7-14(11-17(16)18)19(22)23-4/h5-9,11-12H,10H2,1-4H3. The molecule has 0 N–H and O–H groups in total. The van der Waals surface area contributed by atoms with Crippen LogP contribution in [0.3, 0.4) is 0 Å². The van der Waals surface area contributed by atoms with Crippen LogP contribution in [-0.4, -0.2) is 18.1 Å². The summed E-state index contributed by atoms with van der Waals surface area (Å²) in [6.45, 7) is 6.43. The number of carbonyl (C=O) groups excluding carboxylic acids is 1. The Morgan fingerprint density at radius 3 is 2.65 bits per heavy atom. The summed E-state index contributed by atoms with van der Waals surface area (Å²) in [5, 5.41) is 0. The number of benzene rings is 1. The molecule has 0 spiro atoms. The van der Waals surface area contributed by atoms with Crippen molar-refractivity contribution in [2.24, 2.45) is 0 Å². The molecule has 0 bridgehead atoms. The summed E-state index contributed by atoms with van der Waals surface area (Å²) in [6, 6.07) is 9.94. The molecular formula is C20H21NO2. The maximum absolute atomic E-state index is 11.9. The Morgan fingerprint density at radius 2 is 2.00 bits per heavy atom. The van der Waals surface area contributed by atoms with Crippen LogP contribution in [0.4, 0.5) is 0 Å². The second kappa shape index (κ2) is 5.65. The fourth-order valence-electron chi connectivity index (χ4n) is 3.08. The second-order valence-electron chi connectivity index (χ2n) is 6.65. The first-order valence-corrected chi connectivity index (χ1v) is 7.79. The van der Waals surface area contributed by atoms with Crippen LogP contribution in [0.2, 0.25) is 0 Å². The molecule has 3 heteroatoms.